The van der Waals surface area contributed by atoms with E-state index in [4.69, 9.17) is 30.5 Å². The zero-order chi connectivity index (χ0) is 19.4. The molecule has 27 heavy (non-hydrogen) atoms. The van der Waals surface area contributed by atoms with Gasteiger partial charge in [-0.1, -0.05) is 6.08 Å². The second kappa shape index (κ2) is 7.92. The van der Waals surface area contributed by atoms with Crippen LogP contribution in [-0.4, -0.2) is 32.1 Å². The molecule has 0 amide bonds. The smallest absolute Gasteiger partial charge is 0.206 e. The fraction of sp³-hybridized carbons (Fsp3) is 0.167. The number of methoxy groups -OCH3 is 2. The molecule has 0 aliphatic carbocycles. The van der Waals surface area contributed by atoms with Gasteiger partial charge in [0, 0.05) is 6.54 Å². The van der Waals surface area contributed by atoms with Gasteiger partial charge in [-0.05, 0) is 18.3 Å². The number of hydrogen-bond donors (Lipinski definition) is 2. The van der Waals surface area contributed by atoms with Crippen molar-refractivity contribution in [1.82, 2.24) is 10.7 Å². The van der Waals surface area contributed by atoms with Crippen LogP contribution in [0.4, 0.5) is 0 Å². The van der Waals surface area contributed by atoms with Gasteiger partial charge >= 0.3 is 0 Å². The van der Waals surface area contributed by atoms with E-state index in [1.54, 1.807) is 12.1 Å². The molecule has 3 rings (SSSR count). The lowest BCUT2D eigenvalue weighted by Gasteiger charge is -2.10. The number of benzene rings is 1. The van der Waals surface area contributed by atoms with E-state index in [0.717, 1.165) is 0 Å². The van der Waals surface area contributed by atoms with Gasteiger partial charge in [0.25, 0.3) is 0 Å². The number of thiocarbonyl (C=S) groups is 1. The van der Waals surface area contributed by atoms with Crippen LogP contribution in [0, 0.1) is 0 Å². The zero-order valence-corrected chi connectivity index (χ0v) is 15.5. The van der Waals surface area contributed by atoms with E-state index < -0.39 is 0 Å². The summed E-state index contributed by atoms with van der Waals surface area (Å²) in [5.74, 6) is 0.661. The van der Waals surface area contributed by atoms with Crippen molar-refractivity contribution in [1.29, 1.82) is 0 Å². The van der Waals surface area contributed by atoms with Crippen LogP contribution >= 0.6 is 12.2 Å². The Morgan fingerprint density at radius 3 is 2.78 bits per heavy atom. The van der Waals surface area contributed by atoms with Crippen LogP contribution in [0.1, 0.15) is 5.56 Å². The maximum absolute atomic E-state index is 13.0. The molecule has 0 saturated carbocycles. The number of hydrogen-bond acceptors (Lipinski definition) is 7. The van der Waals surface area contributed by atoms with E-state index in [2.05, 4.69) is 22.4 Å². The van der Waals surface area contributed by atoms with Gasteiger partial charge in [0.15, 0.2) is 16.3 Å². The number of nitrogens with one attached hydrogen (secondary N) is 2. The third-order valence-corrected chi connectivity index (χ3v) is 3.99. The summed E-state index contributed by atoms with van der Waals surface area (Å²) in [7, 11) is 2.94. The molecule has 0 atom stereocenters. The molecule has 3 aromatic rings. The molecular formula is C18H17N3O5S. The minimum atomic E-state index is -0.329. The minimum Gasteiger partial charge on any atom is -0.495 e. The Bertz CT molecular complexity index is 1100. The summed E-state index contributed by atoms with van der Waals surface area (Å²) in [5.41, 5.74) is 3.16. The van der Waals surface area contributed by atoms with Gasteiger partial charge in [-0.25, -0.2) is 0 Å². The van der Waals surface area contributed by atoms with Crippen LogP contribution in [0.2, 0.25) is 0 Å². The highest BCUT2D eigenvalue weighted by Gasteiger charge is 2.22. The molecule has 2 aromatic heterocycles. The van der Waals surface area contributed by atoms with Crippen molar-refractivity contribution in [3.63, 3.8) is 0 Å². The fourth-order valence-corrected chi connectivity index (χ4v) is 2.74. The average Bonchev–Trinajstić information content (AvgIpc) is 3.15. The first-order valence-electron chi connectivity index (χ1n) is 7.86. The van der Waals surface area contributed by atoms with Crippen LogP contribution in [0.3, 0.4) is 0 Å². The minimum absolute atomic E-state index is 0.213. The summed E-state index contributed by atoms with van der Waals surface area (Å²) < 4.78 is 21.9. The van der Waals surface area contributed by atoms with Crippen molar-refractivity contribution in [2.75, 3.05) is 20.8 Å². The van der Waals surface area contributed by atoms with Gasteiger partial charge in [-0.15, -0.1) is 6.58 Å². The Balaban J connectivity index is 2.09. The van der Waals surface area contributed by atoms with Crippen LogP contribution in [0.15, 0.2) is 50.0 Å². The van der Waals surface area contributed by atoms with E-state index in [9.17, 15) is 4.79 Å². The van der Waals surface area contributed by atoms with Crippen molar-refractivity contribution in [3.05, 3.63) is 47.0 Å². The molecule has 0 bridgehead atoms. The van der Waals surface area contributed by atoms with Crippen LogP contribution in [0.5, 0.6) is 11.5 Å². The Hall–Kier alpha value is -3.33. The largest absolute Gasteiger partial charge is 0.495 e. The first kappa shape index (κ1) is 18.5. The third kappa shape index (κ3) is 3.36. The van der Waals surface area contributed by atoms with Crippen molar-refractivity contribution < 1.29 is 18.3 Å². The monoisotopic (exact) mass is 387 g/mol. The molecule has 0 unspecified atom stereocenters. The molecular weight excluding hydrogens is 370 g/mol. The highest BCUT2D eigenvalue weighted by molar-refractivity contribution is 7.80. The molecule has 0 radical (unpaired) electrons. The van der Waals surface area contributed by atoms with Crippen LogP contribution in [0.25, 0.3) is 21.9 Å². The topological polar surface area (TPSA) is 98.2 Å². The Kier molecular flexibility index (Phi) is 5.41. The highest BCUT2D eigenvalue weighted by atomic mass is 32.1. The summed E-state index contributed by atoms with van der Waals surface area (Å²) in [6.45, 7) is 4.08. The van der Waals surface area contributed by atoms with Crippen LogP contribution in [-0.2, 0) is 0 Å². The van der Waals surface area contributed by atoms with E-state index in [1.165, 1.54) is 33.0 Å². The second-order valence-corrected chi connectivity index (χ2v) is 5.73. The fourth-order valence-electron chi connectivity index (χ4n) is 2.61. The summed E-state index contributed by atoms with van der Waals surface area (Å²) >= 11 is 5.03. The summed E-state index contributed by atoms with van der Waals surface area (Å²) in [5, 5.41) is 7.95. The SMILES string of the molecule is C=CCNC(=S)N/N=C/c1coc2c(OC)c3occc3c(OC)c2c1=O. The number of rotatable bonds is 6. The van der Waals surface area contributed by atoms with Crippen molar-refractivity contribution in [2.45, 2.75) is 0 Å². The van der Waals surface area contributed by atoms with E-state index in [0.29, 0.717) is 34.1 Å². The molecule has 8 nitrogen and oxygen atoms in total. The van der Waals surface area contributed by atoms with E-state index in [1.807, 2.05) is 0 Å². The number of hydrazone groups is 1. The van der Waals surface area contributed by atoms with Gasteiger partial charge in [-0.2, -0.15) is 5.10 Å². The maximum Gasteiger partial charge on any atom is 0.206 e. The number of fused-ring (bicyclic) bond motifs is 2. The van der Waals surface area contributed by atoms with Gasteiger partial charge in [-0.3, -0.25) is 10.2 Å². The number of nitrogens with zero attached hydrogens (tertiary/aromatic N) is 1. The quantitative estimate of drug-likeness (QED) is 0.288. The Labute approximate surface area is 159 Å². The zero-order valence-electron chi connectivity index (χ0n) is 14.7. The first-order chi connectivity index (χ1) is 13.1. The molecule has 1 aromatic carbocycles. The molecule has 0 aliphatic rings. The molecule has 0 fully saturated rings. The molecule has 0 saturated heterocycles. The maximum atomic E-state index is 13.0. The molecule has 0 aliphatic heterocycles. The van der Waals surface area contributed by atoms with Gasteiger partial charge in [0.2, 0.25) is 11.2 Å². The summed E-state index contributed by atoms with van der Waals surface area (Å²) in [6, 6.07) is 1.70. The van der Waals surface area contributed by atoms with Crippen molar-refractivity contribution in [3.8, 4) is 11.5 Å². The lowest BCUT2D eigenvalue weighted by molar-refractivity contribution is 0.400. The van der Waals surface area contributed by atoms with Gasteiger partial charge < -0.3 is 23.6 Å². The summed E-state index contributed by atoms with van der Waals surface area (Å²) in [6.07, 6.45) is 5.75. The predicted molar refractivity (Wildman–Crippen MR) is 107 cm³/mol. The van der Waals surface area contributed by atoms with E-state index >= 15 is 0 Å². The van der Waals surface area contributed by atoms with Crippen LogP contribution < -0.4 is 25.6 Å². The normalized spacial score (nSPS) is 11.0. The lowest BCUT2D eigenvalue weighted by atomic mass is 10.1. The molecule has 140 valence electrons. The number of ether oxygens (including phenoxy) is 2. The molecule has 2 heterocycles. The lowest BCUT2D eigenvalue weighted by Crippen LogP contribution is -2.32. The molecule has 9 heteroatoms. The molecule has 2 N–H and O–H groups in total. The third-order valence-electron chi connectivity index (χ3n) is 3.75. The first-order valence-corrected chi connectivity index (χ1v) is 8.27. The van der Waals surface area contributed by atoms with Gasteiger partial charge in [0.1, 0.15) is 17.4 Å². The Morgan fingerprint density at radius 2 is 2.07 bits per heavy atom. The van der Waals surface area contributed by atoms with E-state index in [-0.39, 0.29) is 22.0 Å². The van der Waals surface area contributed by atoms with Gasteiger partial charge in [0.05, 0.1) is 37.6 Å². The standard InChI is InChI=1S/C18H17N3O5S/c1-4-6-19-18(27)21-20-8-10-9-26-16-12(13(10)22)14(23-2)11-5-7-25-15(11)17(16)24-3/h4-5,7-9H,1,6H2,2-3H3,(H2,19,21,27)/b20-8+. The second-order valence-electron chi connectivity index (χ2n) is 5.32. The van der Waals surface area contributed by atoms with Crippen molar-refractivity contribution in [2.24, 2.45) is 5.10 Å². The van der Waals surface area contributed by atoms with Crippen molar-refractivity contribution >= 4 is 45.5 Å². The number of furan rings is 1. The highest BCUT2D eigenvalue weighted by Crippen LogP contribution is 2.41. The molecule has 0 spiro atoms. The average molecular weight is 387 g/mol. The predicted octanol–water partition coefficient (Wildman–Crippen LogP) is 2.54. The Morgan fingerprint density at radius 1 is 1.30 bits per heavy atom. The summed E-state index contributed by atoms with van der Waals surface area (Å²) in [4.78, 5) is 13.0.